The van der Waals surface area contributed by atoms with Crippen LogP contribution in [0.25, 0.3) is 0 Å². The van der Waals surface area contributed by atoms with Gasteiger partial charge in [0.2, 0.25) is 5.43 Å². The van der Waals surface area contributed by atoms with E-state index in [0.29, 0.717) is 5.56 Å². The van der Waals surface area contributed by atoms with Gasteiger partial charge in [-0.1, -0.05) is 18.2 Å². The molecule has 0 aliphatic rings. The van der Waals surface area contributed by atoms with Crippen LogP contribution in [0.4, 0.5) is 4.39 Å². The molecule has 0 unspecified atom stereocenters. The Morgan fingerprint density at radius 1 is 1.37 bits per heavy atom. The minimum atomic E-state index is -1.24. The predicted molar refractivity (Wildman–Crippen MR) is 64.8 cm³/mol. The first kappa shape index (κ1) is 12.8. The fourth-order valence-corrected chi connectivity index (χ4v) is 1.47. The second kappa shape index (κ2) is 5.34. The molecule has 1 aromatic heterocycles. The normalized spacial score (nSPS) is 10.2. The van der Waals surface area contributed by atoms with Gasteiger partial charge >= 0.3 is 5.97 Å². The number of aromatic amines is 1. The summed E-state index contributed by atoms with van der Waals surface area (Å²) in [6, 6.07) is 6.94. The molecule has 19 heavy (non-hydrogen) atoms. The zero-order valence-electron chi connectivity index (χ0n) is 9.72. The summed E-state index contributed by atoms with van der Waals surface area (Å²) in [5.74, 6) is -1.73. The van der Waals surface area contributed by atoms with Crippen molar-refractivity contribution in [3.63, 3.8) is 0 Å². The van der Waals surface area contributed by atoms with Crippen molar-refractivity contribution < 1.29 is 19.0 Å². The monoisotopic (exact) mass is 263 g/mol. The van der Waals surface area contributed by atoms with Gasteiger partial charge in [-0.25, -0.2) is 9.18 Å². The molecule has 6 heteroatoms. The Bertz CT molecular complexity index is 666. The number of carboxylic acid groups (broad SMARTS) is 1. The summed E-state index contributed by atoms with van der Waals surface area (Å²) in [5.41, 5.74) is -0.500. The summed E-state index contributed by atoms with van der Waals surface area (Å²) in [6.07, 6.45) is 1.15. The molecule has 98 valence electrons. The first-order chi connectivity index (χ1) is 9.08. The van der Waals surface area contributed by atoms with E-state index in [0.717, 1.165) is 12.3 Å². The SMILES string of the molecule is O=C(O)c1cc(=O)c(OCc2ccccc2F)c[nH]1. The predicted octanol–water partition coefficient (Wildman–Crippen LogP) is 1.79. The van der Waals surface area contributed by atoms with Crippen molar-refractivity contribution in [2.24, 2.45) is 0 Å². The van der Waals surface area contributed by atoms with E-state index in [1.807, 2.05) is 0 Å². The molecule has 2 rings (SSSR count). The summed E-state index contributed by atoms with van der Waals surface area (Å²) in [6.45, 7) is -0.109. The Morgan fingerprint density at radius 2 is 2.11 bits per heavy atom. The van der Waals surface area contributed by atoms with E-state index in [2.05, 4.69) is 4.98 Å². The van der Waals surface area contributed by atoms with Crippen LogP contribution in [0, 0.1) is 5.82 Å². The average molecular weight is 263 g/mol. The van der Waals surface area contributed by atoms with E-state index in [4.69, 9.17) is 9.84 Å². The minimum absolute atomic E-state index is 0.0618. The number of nitrogens with one attached hydrogen (secondary N) is 1. The maximum Gasteiger partial charge on any atom is 0.352 e. The molecule has 0 radical (unpaired) electrons. The van der Waals surface area contributed by atoms with Crippen LogP contribution in [0.3, 0.4) is 0 Å². The molecule has 0 aliphatic carbocycles. The lowest BCUT2D eigenvalue weighted by atomic mass is 10.2. The second-order valence-corrected chi connectivity index (χ2v) is 3.76. The number of hydrogen-bond acceptors (Lipinski definition) is 3. The third-order valence-electron chi connectivity index (χ3n) is 2.45. The molecule has 5 nitrogen and oxygen atoms in total. The topological polar surface area (TPSA) is 79.4 Å². The molecule has 0 bridgehead atoms. The van der Waals surface area contributed by atoms with Crippen molar-refractivity contribution in [1.29, 1.82) is 0 Å². The highest BCUT2D eigenvalue weighted by Crippen LogP contribution is 2.10. The number of carboxylic acids is 1. The molecule has 0 saturated carbocycles. The van der Waals surface area contributed by atoms with Gasteiger partial charge in [-0.2, -0.15) is 0 Å². The van der Waals surface area contributed by atoms with Gasteiger partial charge in [-0.3, -0.25) is 4.79 Å². The van der Waals surface area contributed by atoms with Gasteiger partial charge in [0, 0.05) is 17.8 Å². The number of H-pyrrole nitrogens is 1. The van der Waals surface area contributed by atoms with E-state index < -0.39 is 17.2 Å². The van der Waals surface area contributed by atoms with Gasteiger partial charge < -0.3 is 14.8 Å². The van der Waals surface area contributed by atoms with Gasteiger partial charge in [0.15, 0.2) is 5.75 Å². The Labute approximate surface area is 107 Å². The number of pyridine rings is 1. The Balaban J connectivity index is 2.15. The van der Waals surface area contributed by atoms with Crippen molar-refractivity contribution in [3.05, 3.63) is 63.8 Å². The Kier molecular flexibility index (Phi) is 3.61. The lowest BCUT2D eigenvalue weighted by Crippen LogP contribution is -2.12. The van der Waals surface area contributed by atoms with Crippen LogP contribution >= 0.6 is 0 Å². The van der Waals surface area contributed by atoms with Crippen LogP contribution < -0.4 is 10.2 Å². The first-order valence-corrected chi connectivity index (χ1v) is 5.40. The first-order valence-electron chi connectivity index (χ1n) is 5.40. The van der Waals surface area contributed by atoms with E-state index in [-0.39, 0.29) is 18.1 Å². The van der Waals surface area contributed by atoms with Crippen LogP contribution in [0.15, 0.2) is 41.3 Å². The van der Waals surface area contributed by atoms with Gasteiger partial charge in [-0.05, 0) is 6.07 Å². The van der Waals surface area contributed by atoms with Crippen molar-refractivity contribution in [2.45, 2.75) is 6.61 Å². The van der Waals surface area contributed by atoms with Crippen LogP contribution in [0.2, 0.25) is 0 Å². The van der Waals surface area contributed by atoms with Crippen LogP contribution in [0.5, 0.6) is 5.75 Å². The molecule has 0 aliphatic heterocycles. The average Bonchev–Trinajstić information content (AvgIpc) is 2.39. The number of hydrogen-bond donors (Lipinski definition) is 2. The molecular formula is C13H10FNO4. The fourth-order valence-electron chi connectivity index (χ4n) is 1.47. The number of benzene rings is 1. The lowest BCUT2D eigenvalue weighted by Gasteiger charge is -2.06. The van der Waals surface area contributed by atoms with Crippen molar-refractivity contribution in [2.75, 3.05) is 0 Å². The zero-order valence-corrected chi connectivity index (χ0v) is 9.72. The quantitative estimate of drug-likeness (QED) is 0.881. The van der Waals surface area contributed by atoms with E-state index >= 15 is 0 Å². The summed E-state index contributed by atoms with van der Waals surface area (Å²) in [7, 11) is 0. The minimum Gasteiger partial charge on any atom is -0.483 e. The maximum atomic E-state index is 13.3. The molecule has 0 saturated heterocycles. The third kappa shape index (κ3) is 2.98. The molecule has 1 heterocycles. The van der Waals surface area contributed by atoms with Crippen LogP contribution in [-0.4, -0.2) is 16.1 Å². The van der Waals surface area contributed by atoms with Crippen molar-refractivity contribution >= 4 is 5.97 Å². The van der Waals surface area contributed by atoms with E-state index in [1.165, 1.54) is 12.1 Å². The lowest BCUT2D eigenvalue weighted by molar-refractivity contribution is 0.0690. The number of ether oxygens (including phenoxy) is 1. The van der Waals surface area contributed by atoms with Gasteiger partial charge in [0.1, 0.15) is 18.1 Å². The number of carbonyl (C=O) groups is 1. The Hall–Kier alpha value is -2.63. The third-order valence-corrected chi connectivity index (χ3v) is 2.45. The standard InChI is InChI=1S/C13H10FNO4/c14-9-4-2-1-3-8(9)7-19-12-6-15-10(13(17)18)5-11(12)16/h1-6H,7H2,(H,15,16)(H,17,18). The summed E-state index contributed by atoms with van der Waals surface area (Å²) in [5, 5.41) is 8.68. The highest BCUT2D eigenvalue weighted by Gasteiger charge is 2.08. The van der Waals surface area contributed by atoms with Gasteiger partial charge in [0.25, 0.3) is 0 Å². The zero-order chi connectivity index (χ0) is 13.8. The molecule has 0 spiro atoms. The number of halogens is 1. The molecular weight excluding hydrogens is 253 g/mol. The van der Waals surface area contributed by atoms with E-state index in [9.17, 15) is 14.0 Å². The van der Waals surface area contributed by atoms with Crippen molar-refractivity contribution in [3.8, 4) is 5.75 Å². The smallest absolute Gasteiger partial charge is 0.352 e. The molecule has 0 fully saturated rings. The molecule has 2 aromatic rings. The molecule has 0 atom stereocenters. The summed E-state index contributed by atoms with van der Waals surface area (Å²) < 4.78 is 18.5. The number of aromatic nitrogens is 1. The largest absolute Gasteiger partial charge is 0.483 e. The highest BCUT2D eigenvalue weighted by molar-refractivity contribution is 5.85. The fraction of sp³-hybridized carbons (Fsp3) is 0.0769. The van der Waals surface area contributed by atoms with E-state index in [1.54, 1.807) is 12.1 Å². The summed E-state index contributed by atoms with van der Waals surface area (Å²) in [4.78, 5) is 24.6. The Morgan fingerprint density at radius 3 is 2.74 bits per heavy atom. The maximum absolute atomic E-state index is 13.3. The summed E-state index contributed by atoms with van der Waals surface area (Å²) >= 11 is 0. The number of aromatic carboxylic acids is 1. The highest BCUT2D eigenvalue weighted by atomic mass is 19.1. The van der Waals surface area contributed by atoms with Crippen molar-refractivity contribution in [1.82, 2.24) is 4.98 Å². The molecule has 2 N–H and O–H groups in total. The second-order valence-electron chi connectivity index (χ2n) is 3.76. The molecule has 0 amide bonds. The number of rotatable bonds is 4. The van der Waals surface area contributed by atoms with Crippen LogP contribution in [0.1, 0.15) is 16.1 Å². The van der Waals surface area contributed by atoms with Gasteiger partial charge in [0.05, 0.1) is 0 Å². The van der Waals surface area contributed by atoms with Crippen LogP contribution in [-0.2, 0) is 6.61 Å². The van der Waals surface area contributed by atoms with Gasteiger partial charge in [-0.15, -0.1) is 0 Å². The molecule has 1 aromatic carbocycles.